The average molecular weight is 316 g/mol. The molecular weight excluding hydrogens is 291 g/mol. The molecule has 1 aromatic carbocycles. The van der Waals surface area contributed by atoms with Gasteiger partial charge in [-0.1, -0.05) is 12.8 Å². The lowest BCUT2D eigenvalue weighted by atomic mass is 9.89. The summed E-state index contributed by atoms with van der Waals surface area (Å²) in [7, 11) is 0. The summed E-state index contributed by atoms with van der Waals surface area (Å²) in [5.74, 6) is -0.306. The minimum atomic E-state index is -0.306. The van der Waals surface area contributed by atoms with E-state index >= 15 is 0 Å². The third kappa shape index (κ3) is 3.82. The molecule has 4 nitrogen and oxygen atoms in total. The first-order valence-corrected chi connectivity index (χ1v) is 8.63. The summed E-state index contributed by atoms with van der Waals surface area (Å²) < 4.78 is 14.2. The minimum Gasteiger partial charge on any atom is -0.368 e. The van der Waals surface area contributed by atoms with Gasteiger partial charge in [0.25, 0.3) is 0 Å². The molecule has 0 spiro atoms. The molecule has 23 heavy (non-hydrogen) atoms. The quantitative estimate of drug-likeness (QED) is 0.899. The van der Waals surface area contributed by atoms with Crippen molar-refractivity contribution in [2.24, 2.45) is 5.73 Å². The van der Waals surface area contributed by atoms with Gasteiger partial charge in [0.15, 0.2) is 0 Å². The van der Waals surface area contributed by atoms with Gasteiger partial charge >= 0.3 is 0 Å². The number of hydrogen-bond acceptors (Lipinski definition) is 4. The minimum absolute atomic E-state index is 0.241. The monoisotopic (exact) mass is 316 g/mol. The van der Waals surface area contributed by atoms with Gasteiger partial charge in [0.05, 0.1) is 17.3 Å². The SMILES string of the molecule is N#Cc1ccc(N2CCCC(N[C@@H]3CCCC[C@H]3N)C2)c(F)c1. The first kappa shape index (κ1) is 16.2. The third-order valence-corrected chi connectivity index (χ3v) is 5.11. The standard InChI is InChI=1S/C18H25FN4/c19-15-10-13(11-20)7-8-18(15)23-9-3-4-14(12-23)22-17-6-2-1-5-16(17)21/h7-8,10,14,16-17,22H,1-6,9,12,21H2/t14?,16-,17-/m1/s1. The fourth-order valence-corrected chi connectivity index (χ4v) is 3.83. The fourth-order valence-electron chi connectivity index (χ4n) is 3.83. The third-order valence-electron chi connectivity index (χ3n) is 5.11. The summed E-state index contributed by atoms with van der Waals surface area (Å²) in [4.78, 5) is 2.09. The molecule has 2 fully saturated rings. The van der Waals surface area contributed by atoms with E-state index in [0.29, 0.717) is 23.3 Å². The number of nitrogens with two attached hydrogens (primary N) is 1. The zero-order valence-corrected chi connectivity index (χ0v) is 13.5. The van der Waals surface area contributed by atoms with Crippen LogP contribution in [-0.2, 0) is 0 Å². The first-order valence-electron chi connectivity index (χ1n) is 8.63. The number of benzene rings is 1. The highest BCUT2D eigenvalue weighted by Crippen LogP contribution is 2.25. The Morgan fingerprint density at radius 1 is 1.22 bits per heavy atom. The Balaban J connectivity index is 1.65. The van der Waals surface area contributed by atoms with E-state index in [9.17, 15) is 4.39 Å². The lowest BCUT2D eigenvalue weighted by Gasteiger charge is -2.39. The molecule has 1 heterocycles. The van der Waals surface area contributed by atoms with E-state index in [1.807, 2.05) is 6.07 Å². The highest BCUT2D eigenvalue weighted by molar-refractivity contribution is 5.51. The predicted octanol–water partition coefficient (Wildman–Crippen LogP) is 2.53. The molecule has 1 aliphatic heterocycles. The van der Waals surface area contributed by atoms with E-state index < -0.39 is 0 Å². The molecule has 1 aromatic rings. The second-order valence-corrected chi connectivity index (χ2v) is 6.78. The van der Waals surface area contributed by atoms with Crippen molar-refractivity contribution < 1.29 is 4.39 Å². The van der Waals surface area contributed by atoms with E-state index in [1.165, 1.54) is 18.9 Å². The maximum Gasteiger partial charge on any atom is 0.147 e. The molecule has 124 valence electrons. The van der Waals surface area contributed by atoms with Crippen molar-refractivity contribution in [3.63, 3.8) is 0 Å². The lowest BCUT2D eigenvalue weighted by molar-refractivity contribution is 0.282. The van der Waals surface area contributed by atoms with Crippen molar-refractivity contribution in [3.05, 3.63) is 29.6 Å². The van der Waals surface area contributed by atoms with Crippen LogP contribution < -0.4 is 16.0 Å². The predicted molar refractivity (Wildman–Crippen MR) is 89.7 cm³/mol. The second-order valence-electron chi connectivity index (χ2n) is 6.78. The topological polar surface area (TPSA) is 65.1 Å². The number of piperidine rings is 1. The average Bonchev–Trinajstić information content (AvgIpc) is 2.57. The summed E-state index contributed by atoms with van der Waals surface area (Å²) in [5.41, 5.74) is 7.20. The van der Waals surface area contributed by atoms with Crippen LogP contribution in [-0.4, -0.2) is 31.2 Å². The Morgan fingerprint density at radius 3 is 2.78 bits per heavy atom. The molecule has 5 heteroatoms. The fraction of sp³-hybridized carbons (Fsp3) is 0.611. The van der Waals surface area contributed by atoms with Crippen LogP contribution in [0.15, 0.2) is 18.2 Å². The Morgan fingerprint density at radius 2 is 2.04 bits per heavy atom. The molecule has 1 saturated carbocycles. The summed E-state index contributed by atoms with van der Waals surface area (Å²) in [6.07, 6.45) is 6.86. The molecule has 3 N–H and O–H groups in total. The van der Waals surface area contributed by atoms with Gasteiger partial charge in [-0.15, -0.1) is 0 Å². The smallest absolute Gasteiger partial charge is 0.147 e. The first-order chi connectivity index (χ1) is 11.2. The van der Waals surface area contributed by atoms with Crippen molar-refractivity contribution >= 4 is 5.69 Å². The van der Waals surface area contributed by atoms with E-state index in [1.54, 1.807) is 12.1 Å². The number of halogens is 1. The van der Waals surface area contributed by atoms with Crippen LogP contribution in [0.25, 0.3) is 0 Å². The van der Waals surface area contributed by atoms with Crippen LogP contribution >= 0.6 is 0 Å². The summed E-state index contributed by atoms with van der Waals surface area (Å²) >= 11 is 0. The van der Waals surface area contributed by atoms with Crippen LogP contribution in [0.5, 0.6) is 0 Å². The number of rotatable bonds is 3. The molecule has 1 saturated heterocycles. The van der Waals surface area contributed by atoms with E-state index in [2.05, 4.69) is 10.2 Å². The van der Waals surface area contributed by atoms with E-state index in [4.69, 9.17) is 11.0 Å². The van der Waals surface area contributed by atoms with Gasteiger partial charge < -0.3 is 16.0 Å². The molecule has 2 aliphatic rings. The zero-order chi connectivity index (χ0) is 16.2. The van der Waals surface area contributed by atoms with Crippen molar-refractivity contribution in [1.82, 2.24) is 5.32 Å². The van der Waals surface area contributed by atoms with Crippen molar-refractivity contribution in [1.29, 1.82) is 5.26 Å². The van der Waals surface area contributed by atoms with Gasteiger partial charge in [-0.25, -0.2) is 4.39 Å². The second kappa shape index (κ2) is 7.29. The molecule has 0 aromatic heterocycles. The van der Waals surface area contributed by atoms with Crippen LogP contribution in [0.4, 0.5) is 10.1 Å². The lowest BCUT2D eigenvalue weighted by Crippen LogP contribution is -2.55. The maximum absolute atomic E-state index is 14.2. The number of nitrogens with one attached hydrogen (secondary N) is 1. The van der Waals surface area contributed by atoms with Crippen LogP contribution in [0, 0.1) is 17.1 Å². The number of hydrogen-bond donors (Lipinski definition) is 2. The van der Waals surface area contributed by atoms with Gasteiger partial charge in [-0.3, -0.25) is 0 Å². The number of anilines is 1. The molecule has 1 unspecified atom stereocenters. The molecule has 3 rings (SSSR count). The Labute approximate surface area is 137 Å². The number of nitrogens with zero attached hydrogens (tertiary/aromatic N) is 2. The highest BCUT2D eigenvalue weighted by atomic mass is 19.1. The normalized spacial score (nSPS) is 28.4. The Kier molecular flexibility index (Phi) is 5.14. The van der Waals surface area contributed by atoms with Crippen LogP contribution in [0.2, 0.25) is 0 Å². The summed E-state index contributed by atoms with van der Waals surface area (Å²) in [5, 5.41) is 12.6. The van der Waals surface area contributed by atoms with Crippen LogP contribution in [0.3, 0.4) is 0 Å². The van der Waals surface area contributed by atoms with Gasteiger partial charge in [-0.05, 0) is 43.9 Å². The molecule has 0 radical (unpaired) electrons. The largest absolute Gasteiger partial charge is 0.368 e. The van der Waals surface area contributed by atoms with Crippen molar-refractivity contribution in [2.75, 3.05) is 18.0 Å². The summed E-state index contributed by atoms with van der Waals surface area (Å²) in [6.45, 7) is 1.66. The van der Waals surface area contributed by atoms with Gasteiger partial charge in [0.2, 0.25) is 0 Å². The molecule has 0 amide bonds. The van der Waals surface area contributed by atoms with Crippen molar-refractivity contribution in [2.45, 2.75) is 56.7 Å². The van der Waals surface area contributed by atoms with Gasteiger partial charge in [0.1, 0.15) is 5.82 Å². The van der Waals surface area contributed by atoms with E-state index in [-0.39, 0.29) is 11.9 Å². The molecule has 3 atom stereocenters. The number of nitriles is 1. The molecule has 1 aliphatic carbocycles. The van der Waals surface area contributed by atoms with Crippen molar-refractivity contribution in [3.8, 4) is 6.07 Å². The Bertz CT molecular complexity index is 583. The van der Waals surface area contributed by atoms with Crippen LogP contribution in [0.1, 0.15) is 44.1 Å². The van der Waals surface area contributed by atoms with E-state index in [0.717, 1.165) is 38.8 Å². The summed E-state index contributed by atoms with van der Waals surface area (Å²) in [6, 6.07) is 7.70. The zero-order valence-electron chi connectivity index (χ0n) is 13.5. The molecule has 0 bridgehead atoms. The maximum atomic E-state index is 14.2. The Hall–Kier alpha value is -1.64. The van der Waals surface area contributed by atoms with Gasteiger partial charge in [-0.2, -0.15) is 5.26 Å². The highest BCUT2D eigenvalue weighted by Gasteiger charge is 2.27. The van der Waals surface area contributed by atoms with Gasteiger partial charge in [0, 0.05) is 31.2 Å². The molecular formula is C18H25FN4.